The van der Waals surface area contributed by atoms with Crippen LogP contribution in [-0.2, 0) is 12.8 Å². The van der Waals surface area contributed by atoms with Crippen LogP contribution in [-0.4, -0.2) is 0 Å². The van der Waals surface area contributed by atoms with Gasteiger partial charge >= 0.3 is 0 Å². The van der Waals surface area contributed by atoms with Crippen LogP contribution in [0.4, 0.5) is 10.1 Å². The fraction of sp³-hybridized carbons (Fsp3) is 0.100. The third kappa shape index (κ3) is 3.34. The Morgan fingerprint density at radius 1 is 0.682 bits per heavy atom. The molecule has 0 aliphatic heterocycles. The first-order chi connectivity index (χ1) is 10.7. The lowest BCUT2D eigenvalue weighted by Crippen LogP contribution is -2.03. The van der Waals surface area contributed by atoms with Crippen LogP contribution in [0.15, 0.2) is 72.8 Å². The van der Waals surface area contributed by atoms with E-state index in [1.54, 1.807) is 0 Å². The molecule has 0 aliphatic rings. The summed E-state index contributed by atoms with van der Waals surface area (Å²) in [6.45, 7) is 0. The number of anilines is 1. The summed E-state index contributed by atoms with van der Waals surface area (Å²) in [7, 11) is 0. The summed E-state index contributed by atoms with van der Waals surface area (Å²) in [5.74, 6) is -0.230. The van der Waals surface area contributed by atoms with E-state index in [1.807, 2.05) is 60.7 Å². The van der Waals surface area contributed by atoms with Gasteiger partial charge < -0.3 is 5.73 Å². The van der Waals surface area contributed by atoms with Crippen molar-refractivity contribution in [1.29, 1.82) is 0 Å². The Kier molecular flexibility index (Phi) is 4.19. The lowest BCUT2D eigenvalue weighted by molar-refractivity contribution is 0.624. The van der Waals surface area contributed by atoms with Crippen LogP contribution in [0.3, 0.4) is 0 Å². The minimum atomic E-state index is -0.230. The summed E-state index contributed by atoms with van der Waals surface area (Å²) < 4.78 is 14.0. The number of hydrogen-bond donors (Lipinski definition) is 1. The van der Waals surface area contributed by atoms with E-state index in [2.05, 4.69) is 0 Å². The molecule has 0 heterocycles. The van der Waals surface area contributed by atoms with Crippen molar-refractivity contribution >= 4 is 5.69 Å². The highest BCUT2D eigenvalue weighted by Gasteiger charge is 2.10. The van der Waals surface area contributed by atoms with Crippen LogP contribution < -0.4 is 5.73 Å². The van der Waals surface area contributed by atoms with Crippen LogP contribution in [0.5, 0.6) is 0 Å². The smallest absolute Gasteiger partial charge is 0.123 e. The molecule has 0 spiro atoms. The SMILES string of the molecule is Nc1c(Cc2ccccc2)cc(F)cc1Cc1ccccc1. The predicted octanol–water partition coefficient (Wildman–Crippen LogP) is 4.59. The highest BCUT2D eigenvalue weighted by atomic mass is 19.1. The molecule has 1 nitrogen and oxygen atoms in total. The molecule has 0 radical (unpaired) electrons. The molecule has 22 heavy (non-hydrogen) atoms. The maximum atomic E-state index is 14.0. The van der Waals surface area contributed by atoms with Crippen molar-refractivity contribution in [2.24, 2.45) is 0 Å². The third-order valence-corrected chi connectivity index (χ3v) is 3.79. The third-order valence-electron chi connectivity index (χ3n) is 3.79. The predicted molar refractivity (Wildman–Crippen MR) is 89.3 cm³/mol. The average Bonchev–Trinajstić information content (AvgIpc) is 2.54. The van der Waals surface area contributed by atoms with E-state index in [0.29, 0.717) is 18.5 Å². The van der Waals surface area contributed by atoms with Crippen LogP contribution in [0, 0.1) is 5.82 Å². The Morgan fingerprint density at radius 3 is 1.50 bits per heavy atom. The summed E-state index contributed by atoms with van der Waals surface area (Å²) in [6.07, 6.45) is 1.29. The number of hydrogen-bond acceptors (Lipinski definition) is 1. The number of halogens is 1. The molecule has 3 aromatic carbocycles. The minimum absolute atomic E-state index is 0.230. The van der Waals surface area contributed by atoms with E-state index >= 15 is 0 Å². The topological polar surface area (TPSA) is 26.0 Å². The number of nitrogens with two attached hydrogens (primary N) is 1. The van der Waals surface area contributed by atoms with Gasteiger partial charge in [0.2, 0.25) is 0 Å². The summed E-state index contributed by atoms with van der Waals surface area (Å²) in [5, 5.41) is 0. The van der Waals surface area contributed by atoms with Crippen molar-refractivity contribution < 1.29 is 4.39 Å². The quantitative estimate of drug-likeness (QED) is 0.699. The Balaban J connectivity index is 1.92. The monoisotopic (exact) mass is 291 g/mol. The number of rotatable bonds is 4. The largest absolute Gasteiger partial charge is 0.398 e. The molecule has 3 aromatic rings. The lowest BCUT2D eigenvalue weighted by atomic mass is 9.96. The molecule has 0 atom stereocenters. The maximum Gasteiger partial charge on any atom is 0.123 e. The molecule has 0 aromatic heterocycles. The molecule has 2 heteroatoms. The lowest BCUT2D eigenvalue weighted by Gasteiger charge is -2.12. The molecule has 0 aliphatic carbocycles. The van der Waals surface area contributed by atoms with Gasteiger partial charge in [0.1, 0.15) is 5.82 Å². The van der Waals surface area contributed by atoms with Gasteiger partial charge in [-0.1, -0.05) is 60.7 Å². The Bertz CT molecular complexity index is 689. The Morgan fingerprint density at radius 2 is 1.09 bits per heavy atom. The fourth-order valence-corrected chi connectivity index (χ4v) is 2.66. The first-order valence-corrected chi connectivity index (χ1v) is 7.37. The first kappa shape index (κ1) is 14.3. The molecule has 0 fully saturated rings. The van der Waals surface area contributed by atoms with Gasteiger partial charge in [0, 0.05) is 5.69 Å². The van der Waals surface area contributed by atoms with Gasteiger partial charge in [0.05, 0.1) is 0 Å². The van der Waals surface area contributed by atoms with Crippen LogP contribution >= 0.6 is 0 Å². The van der Waals surface area contributed by atoms with Crippen molar-refractivity contribution in [3.8, 4) is 0 Å². The van der Waals surface area contributed by atoms with Gasteiger partial charge in [0.15, 0.2) is 0 Å². The molecule has 3 rings (SSSR count). The van der Waals surface area contributed by atoms with E-state index in [4.69, 9.17) is 5.73 Å². The van der Waals surface area contributed by atoms with Gasteiger partial charge in [-0.15, -0.1) is 0 Å². The van der Waals surface area contributed by atoms with Crippen molar-refractivity contribution in [3.63, 3.8) is 0 Å². The average molecular weight is 291 g/mol. The summed E-state index contributed by atoms with van der Waals surface area (Å²) >= 11 is 0. The summed E-state index contributed by atoms with van der Waals surface area (Å²) in [5.41, 5.74) is 10.9. The fourth-order valence-electron chi connectivity index (χ4n) is 2.66. The Hall–Kier alpha value is -2.61. The number of nitrogen functional groups attached to an aromatic ring is 1. The molecule has 2 N–H and O–H groups in total. The first-order valence-electron chi connectivity index (χ1n) is 7.37. The standard InChI is InChI=1S/C20H18FN/c21-19-13-17(11-15-7-3-1-4-8-15)20(22)18(14-19)12-16-9-5-2-6-10-16/h1-10,13-14H,11-12,22H2. The molecule has 0 saturated heterocycles. The van der Waals surface area contributed by atoms with Gasteiger partial charge in [-0.05, 0) is 47.2 Å². The summed E-state index contributed by atoms with van der Waals surface area (Å²) in [4.78, 5) is 0. The molecule has 0 unspecified atom stereocenters. The number of benzene rings is 3. The zero-order valence-electron chi connectivity index (χ0n) is 12.3. The maximum absolute atomic E-state index is 14.0. The van der Waals surface area contributed by atoms with E-state index < -0.39 is 0 Å². The Labute approximate surface area is 130 Å². The van der Waals surface area contributed by atoms with Crippen molar-refractivity contribution in [2.45, 2.75) is 12.8 Å². The van der Waals surface area contributed by atoms with E-state index in [9.17, 15) is 4.39 Å². The minimum Gasteiger partial charge on any atom is -0.398 e. The van der Waals surface area contributed by atoms with Gasteiger partial charge in [-0.2, -0.15) is 0 Å². The molecule has 0 bridgehead atoms. The second kappa shape index (κ2) is 6.44. The zero-order chi connectivity index (χ0) is 15.4. The molecule has 0 saturated carbocycles. The highest BCUT2D eigenvalue weighted by molar-refractivity contribution is 5.56. The van der Waals surface area contributed by atoms with Crippen molar-refractivity contribution in [3.05, 3.63) is 101 Å². The van der Waals surface area contributed by atoms with Crippen LogP contribution in [0.2, 0.25) is 0 Å². The zero-order valence-corrected chi connectivity index (χ0v) is 12.3. The second-order valence-electron chi connectivity index (χ2n) is 5.46. The molecule has 0 amide bonds. The van der Waals surface area contributed by atoms with Gasteiger partial charge in [0.25, 0.3) is 0 Å². The molecular formula is C20H18FN. The second-order valence-corrected chi connectivity index (χ2v) is 5.46. The van der Waals surface area contributed by atoms with E-state index in [-0.39, 0.29) is 5.82 Å². The van der Waals surface area contributed by atoms with Crippen molar-refractivity contribution in [2.75, 3.05) is 5.73 Å². The highest BCUT2D eigenvalue weighted by Crippen LogP contribution is 2.25. The molecule has 110 valence electrons. The van der Waals surface area contributed by atoms with E-state index in [1.165, 1.54) is 12.1 Å². The normalized spacial score (nSPS) is 10.6. The van der Waals surface area contributed by atoms with Gasteiger partial charge in [-0.25, -0.2) is 4.39 Å². The summed E-state index contributed by atoms with van der Waals surface area (Å²) in [6, 6.07) is 23.1. The van der Waals surface area contributed by atoms with Gasteiger partial charge in [-0.3, -0.25) is 0 Å². The van der Waals surface area contributed by atoms with E-state index in [0.717, 1.165) is 22.3 Å². The van der Waals surface area contributed by atoms with Crippen molar-refractivity contribution in [1.82, 2.24) is 0 Å². The van der Waals surface area contributed by atoms with Crippen LogP contribution in [0.1, 0.15) is 22.3 Å². The van der Waals surface area contributed by atoms with Crippen LogP contribution in [0.25, 0.3) is 0 Å². The molecular weight excluding hydrogens is 273 g/mol.